The van der Waals surface area contributed by atoms with Gasteiger partial charge in [-0.2, -0.15) is 0 Å². The van der Waals surface area contributed by atoms with Crippen molar-refractivity contribution in [1.29, 1.82) is 0 Å². The average molecular weight is 345 g/mol. The van der Waals surface area contributed by atoms with Crippen LogP contribution in [0.2, 0.25) is 0 Å². The summed E-state index contributed by atoms with van der Waals surface area (Å²) in [6.45, 7) is 0.584. The summed E-state index contributed by atoms with van der Waals surface area (Å²) >= 11 is 3.35. The Hall–Kier alpha value is -1.60. The number of ether oxygens (including phenoxy) is 1. The van der Waals surface area contributed by atoms with Crippen LogP contribution in [0.3, 0.4) is 0 Å². The van der Waals surface area contributed by atoms with Crippen LogP contribution in [0, 0.1) is 0 Å². The highest BCUT2D eigenvalue weighted by Gasteiger charge is 2.08. The summed E-state index contributed by atoms with van der Waals surface area (Å²) in [6.07, 6.45) is 0. The van der Waals surface area contributed by atoms with Crippen molar-refractivity contribution in [3.05, 3.63) is 34.3 Å². The normalized spacial score (nSPS) is 10.1. The number of rotatable bonds is 7. The maximum Gasteiger partial charge on any atom is 0.329 e. The van der Waals surface area contributed by atoms with E-state index < -0.39 is 5.97 Å². The topological polar surface area (TPSA) is 78.9 Å². The summed E-state index contributed by atoms with van der Waals surface area (Å²) in [7, 11) is 1.69. The van der Waals surface area contributed by atoms with E-state index in [4.69, 9.17) is 9.84 Å². The Morgan fingerprint density at radius 1 is 1.35 bits per heavy atom. The molecule has 6 nitrogen and oxygen atoms in total. The molecule has 2 N–H and O–H groups in total. The Kier molecular flexibility index (Phi) is 7.03. The van der Waals surface area contributed by atoms with Gasteiger partial charge >= 0.3 is 12.0 Å². The minimum Gasteiger partial charge on any atom is -0.480 e. The van der Waals surface area contributed by atoms with Crippen molar-refractivity contribution >= 4 is 27.9 Å². The van der Waals surface area contributed by atoms with E-state index in [1.807, 2.05) is 24.3 Å². The van der Waals surface area contributed by atoms with Crippen LogP contribution in [0.15, 0.2) is 28.7 Å². The molecule has 0 aromatic heterocycles. The van der Waals surface area contributed by atoms with E-state index in [1.165, 1.54) is 0 Å². The van der Waals surface area contributed by atoms with Gasteiger partial charge in [0.25, 0.3) is 0 Å². The Bertz CT molecular complexity index is 450. The minimum atomic E-state index is -1.02. The molecule has 0 aliphatic heterocycles. The van der Waals surface area contributed by atoms with E-state index in [0.717, 1.165) is 10.0 Å². The lowest BCUT2D eigenvalue weighted by molar-refractivity contribution is -0.142. The molecule has 0 aliphatic carbocycles. The number of nitrogens with zero attached hydrogens (tertiary/aromatic N) is 1. The predicted molar refractivity (Wildman–Crippen MR) is 77.5 cm³/mol. The third-order valence-corrected chi connectivity index (χ3v) is 2.96. The van der Waals surface area contributed by atoms with E-state index in [1.54, 1.807) is 11.9 Å². The number of nitrogens with one attached hydrogen (secondary N) is 1. The number of amides is 2. The molecule has 0 bridgehead atoms. The first kappa shape index (κ1) is 16.5. The fourth-order valence-electron chi connectivity index (χ4n) is 1.46. The zero-order valence-corrected chi connectivity index (χ0v) is 12.7. The Labute approximate surface area is 125 Å². The van der Waals surface area contributed by atoms with Gasteiger partial charge in [0.1, 0.15) is 6.61 Å². The van der Waals surface area contributed by atoms with E-state index in [-0.39, 0.29) is 25.8 Å². The summed E-state index contributed by atoms with van der Waals surface area (Å²) < 4.78 is 5.81. The second-order valence-electron chi connectivity index (χ2n) is 4.16. The molecule has 0 atom stereocenters. The zero-order valence-electron chi connectivity index (χ0n) is 11.1. The quantitative estimate of drug-likeness (QED) is 0.737. The van der Waals surface area contributed by atoms with Gasteiger partial charge in [0, 0.05) is 24.6 Å². The summed E-state index contributed by atoms with van der Waals surface area (Å²) in [5, 5.41) is 11.0. The number of aliphatic carboxylic acids is 1. The van der Waals surface area contributed by atoms with Gasteiger partial charge in [-0.3, -0.25) is 0 Å². The molecule has 0 radical (unpaired) electrons. The van der Waals surface area contributed by atoms with Crippen LogP contribution in [0.4, 0.5) is 4.79 Å². The largest absolute Gasteiger partial charge is 0.480 e. The van der Waals surface area contributed by atoms with E-state index in [9.17, 15) is 9.59 Å². The number of hydrogen-bond donors (Lipinski definition) is 2. The molecular formula is C13H17BrN2O4. The molecule has 7 heteroatoms. The number of carboxylic acid groups (broad SMARTS) is 1. The second-order valence-corrected chi connectivity index (χ2v) is 5.08. The van der Waals surface area contributed by atoms with Crippen molar-refractivity contribution in [2.45, 2.75) is 6.54 Å². The SMILES string of the molecule is CN(Cc1ccc(Br)cc1)C(=O)NCCOCC(=O)O. The van der Waals surface area contributed by atoms with Crippen LogP contribution in [0.1, 0.15) is 5.56 Å². The Morgan fingerprint density at radius 3 is 2.60 bits per heavy atom. The molecule has 0 saturated heterocycles. The van der Waals surface area contributed by atoms with Crippen molar-refractivity contribution in [3.8, 4) is 0 Å². The van der Waals surface area contributed by atoms with Gasteiger partial charge in [-0.15, -0.1) is 0 Å². The van der Waals surface area contributed by atoms with E-state index >= 15 is 0 Å². The maximum atomic E-state index is 11.7. The van der Waals surface area contributed by atoms with Crippen LogP contribution >= 0.6 is 15.9 Å². The lowest BCUT2D eigenvalue weighted by Crippen LogP contribution is -2.38. The van der Waals surface area contributed by atoms with Crippen molar-refractivity contribution < 1.29 is 19.4 Å². The fraction of sp³-hybridized carbons (Fsp3) is 0.385. The molecule has 0 aliphatic rings. The van der Waals surface area contributed by atoms with E-state index in [2.05, 4.69) is 21.2 Å². The molecule has 1 aromatic rings. The van der Waals surface area contributed by atoms with Crippen LogP contribution < -0.4 is 5.32 Å². The number of carbonyl (C=O) groups is 2. The summed E-state index contributed by atoms with van der Waals surface area (Å²) in [6, 6.07) is 7.47. The number of carbonyl (C=O) groups excluding carboxylic acids is 1. The molecule has 0 unspecified atom stereocenters. The number of benzene rings is 1. The molecule has 0 fully saturated rings. The summed E-state index contributed by atoms with van der Waals surface area (Å²) in [5.41, 5.74) is 1.02. The third kappa shape index (κ3) is 6.53. The highest BCUT2D eigenvalue weighted by molar-refractivity contribution is 9.10. The lowest BCUT2D eigenvalue weighted by Gasteiger charge is -2.18. The summed E-state index contributed by atoms with van der Waals surface area (Å²) in [5.74, 6) is -1.02. The van der Waals surface area contributed by atoms with Gasteiger partial charge in [-0.25, -0.2) is 9.59 Å². The van der Waals surface area contributed by atoms with Crippen molar-refractivity contribution in [3.63, 3.8) is 0 Å². The first-order valence-corrected chi connectivity index (χ1v) is 6.81. The molecule has 0 spiro atoms. The van der Waals surface area contributed by atoms with Gasteiger partial charge in [0.15, 0.2) is 0 Å². The monoisotopic (exact) mass is 344 g/mol. The average Bonchev–Trinajstić information content (AvgIpc) is 2.40. The van der Waals surface area contributed by atoms with E-state index in [0.29, 0.717) is 6.54 Å². The number of carboxylic acids is 1. The first-order valence-electron chi connectivity index (χ1n) is 6.02. The standard InChI is InChI=1S/C13H17BrN2O4/c1-16(8-10-2-4-11(14)5-3-10)13(19)15-6-7-20-9-12(17)18/h2-5H,6-9H2,1H3,(H,15,19)(H,17,18). The molecule has 2 amide bonds. The number of hydrogen-bond acceptors (Lipinski definition) is 3. The predicted octanol–water partition coefficient (Wildman–Crippen LogP) is 1.69. The van der Waals surface area contributed by atoms with Crippen molar-refractivity contribution in [2.24, 2.45) is 0 Å². The van der Waals surface area contributed by atoms with Gasteiger partial charge < -0.3 is 20.1 Å². The molecule has 1 aromatic carbocycles. The fourth-order valence-corrected chi connectivity index (χ4v) is 1.72. The Morgan fingerprint density at radius 2 is 2.00 bits per heavy atom. The highest BCUT2D eigenvalue weighted by atomic mass is 79.9. The minimum absolute atomic E-state index is 0.171. The first-order chi connectivity index (χ1) is 9.49. The maximum absolute atomic E-state index is 11.7. The van der Waals surface area contributed by atoms with Crippen LogP contribution in [-0.2, 0) is 16.1 Å². The van der Waals surface area contributed by atoms with Crippen molar-refractivity contribution in [2.75, 3.05) is 26.8 Å². The smallest absolute Gasteiger partial charge is 0.329 e. The molecule has 20 heavy (non-hydrogen) atoms. The van der Waals surface area contributed by atoms with Crippen LogP contribution in [-0.4, -0.2) is 48.8 Å². The van der Waals surface area contributed by atoms with Crippen LogP contribution in [0.25, 0.3) is 0 Å². The lowest BCUT2D eigenvalue weighted by atomic mass is 10.2. The van der Waals surface area contributed by atoms with Gasteiger partial charge in [0.2, 0.25) is 0 Å². The molecular weight excluding hydrogens is 328 g/mol. The summed E-state index contributed by atoms with van der Waals surface area (Å²) in [4.78, 5) is 23.5. The zero-order chi connectivity index (χ0) is 15.0. The van der Waals surface area contributed by atoms with Crippen molar-refractivity contribution in [1.82, 2.24) is 10.2 Å². The van der Waals surface area contributed by atoms with Gasteiger partial charge in [-0.05, 0) is 17.7 Å². The molecule has 110 valence electrons. The second kappa shape index (κ2) is 8.55. The highest BCUT2D eigenvalue weighted by Crippen LogP contribution is 2.11. The third-order valence-electron chi connectivity index (χ3n) is 2.43. The van der Waals surface area contributed by atoms with Gasteiger partial charge in [-0.1, -0.05) is 28.1 Å². The number of urea groups is 1. The molecule has 1 rings (SSSR count). The molecule has 0 saturated carbocycles. The Balaban J connectivity index is 2.25. The molecule has 0 heterocycles. The van der Waals surface area contributed by atoms with Gasteiger partial charge in [0.05, 0.1) is 6.61 Å². The number of halogens is 1. The van der Waals surface area contributed by atoms with Crippen LogP contribution in [0.5, 0.6) is 0 Å².